The molecule has 0 aliphatic heterocycles. The molecule has 26 heavy (non-hydrogen) atoms. The summed E-state index contributed by atoms with van der Waals surface area (Å²) in [5.74, 6) is -0.0200. The van der Waals surface area contributed by atoms with Crippen LogP contribution in [0.3, 0.4) is 0 Å². The number of amidine groups is 1. The fourth-order valence-corrected chi connectivity index (χ4v) is 2.55. The maximum absolute atomic E-state index is 12.0. The van der Waals surface area contributed by atoms with Crippen LogP contribution in [-0.4, -0.2) is 54.6 Å². The van der Waals surface area contributed by atoms with Gasteiger partial charge in [0.25, 0.3) is 6.54 Å². The molecule has 1 aromatic heterocycles. The molecule has 1 rings (SSSR count). The van der Waals surface area contributed by atoms with Crippen LogP contribution in [0.5, 0.6) is 0 Å². The third kappa shape index (κ3) is 9.76. The van der Waals surface area contributed by atoms with Crippen LogP contribution in [0.25, 0.3) is 0 Å². The summed E-state index contributed by atoms with van der Waals surface area (Å²) < 4.78 is 36.1. The van der Waals surface area contributed by atoms with Crippen LogP contribution in [0.15, 0.2) is 15.4 Å². The highest BCUT2D eigenvalue weighted by molar-refractivity contribution is 7.13. The van der Waals surface area contributed by atoms with Gasteiger partial charge in [-0.2, -0.15) is 13.2 Å². The Kier molecular flexibility index (Phi) is 8.75. The lowest BCUT2D eigenvalue weighted by Gasteiger charge is -2.05. The van der Waals surface area contributed by atoms with E-state index in [4.69, 9.17) is 5.73 Å². The van der Waals surface area contributed by atoms with E-state index in [-0.39, 0.29) is 12.5 Å². The summed E-state index contributed by atoms with van der Waals surface area (Å²) in [6.07, 6.45) is -2.21. The van der Waals surface area contributed by atoms with E-state index in [1.807, 2.05) is 0 Å². The highest BCUT2D eigenvalue weighted by Crippen LogP contribution is 2.17. The van der Waals surface area contributed by atoms with Crippen LogP contribution < -0.4 is 16.4 Å². The molecule has 0 saturated heterocycles. The van der Waals surface area contributed by atoms with Crippen LogP contribution in [0.4, 0.5) is 18.3 Å². The van der Waals surface area contributed by atoms with Crippen molar-refractivity contribution >= 4 is 28.3 Å². The summed E-state index contributed by atoms with van der Waals surface area (Å²) in [7, 11) is 1.49. The van der Waals surface area contributed by atoms with E-state index in [1.54, 1.807) is 5.38 Å². The van der Waals surface area contributed by atoms with Gasteiger partial charge in [-0.05, 0) is 19.3 Å². The molecular weight excluding hydrogens is 375 g/mol. The maximum Gasteiger partial charge on any atom is 0.408 e. The first-order valence-corrected chi connectivity index (χ1v) is 8.47. The largest absolute Gasteiger partial charge is 0.408 e. The average molecular weight is 395 g/mol. The molecule has 9 nitrogen and oxygen atoms in total. The molecule has 0 aromatic carbocycles. The Balaban J connectivity index is 2.30. The van der Waals surface area contributed by atoms with Gasteiger partial charge in [0.1, 0.15) is 6.54 Å². The number of aryl methyl sites for hydroxylation is 1. The van der Waals surface area contributed by atoms with Crippen LogP contribution in [-0.2, 0) is 6.42 Å². The summed E-state index contributed by atoms with van der Waals surface area (Å²) in [5.41, 5.74) is 6.15. The number of guanidine groups is 1. The number of alkyl halides is 3. The molecule has 0 spiro atoms. The number of thiazole rings is 1. The Morgan fingerprint density at radius 2 is 2.19 bits per heavy atom. The van der Waals surface area contributed by atoms with E-state index < -0.39 is 17.6 Å². The van der Waals surface area contributed by atoms with Gasteiger partial charge in [-0.3, -0.25) is 15.1 Å². The number of unbranched alkanes of at least 4 members (excludes halogenated alkanes) is 1. The van der Waals surface area contributed by atoms with Crippen molar-refractivity contribution in [1.29, 1.82) is 0 Å². The summed E-state index contributed by atoms with van der Waals surface area (Å²) in [4.78, 5) is 21.2. The van der Waals surface area contributed by atoms with Crippen LogP contribution in [0, 0.1) is 10.1 Å². The second kappa shape index (κ2) is 10.5. The van der Waals surface area contributed by atoms with Crippen LogP contribution >= 0.6 is 11.3 Å². The predicted octanol–water partition coefficient (Wildman–Crippen LogP) is 1.65. The van der Waals surface area contributed by atoms with Crippen molar-refractivity contribution in [1.82, 2.24) is 10.3 Å². The number of hydrogen-bond donors (Lipinski definition) is 3. The molecule has 0 amide bonds. The van der Waals surface area contributed by atoms with Crippen molar-refractivity contribution in [3.05, 3.63) is 21.2 Å². The summed E-state index contributed by atoms with van der Waals surface area (Å²) in [5, 5.41) is 18.0. The van der Waals surface area contributed by atoms with Gasteiger partial charge in [0.2, 0.25) is 0 Å². The minimum absolute atomic E-state index is 0.323. The minimum atomic E-state index is -4.41. The van der Waals surface area contributed by atoms with Gasteiger partial charge in [-0.1, -0.05) is 0 Å². The molecular formula is C13H20F3N7O2S. The number of nitrogens with two attached hydrogens (primary N) is 1. The SMILES string of the molecule is CN=C(C[N+](=O)[O-])NCCCCc1csc(NC(N)=NCC(F)(F)F)n1. The molecule has 0 fully saturated rings. The van der Waals surface area contributed by atoms with Crippen LogP contribution in [0.2, 0.25) is 0 Å². The molecule has 1 aromatic rings. The van der Waals surface area contributed by atoms with E-state index in [0.29, 0.717) is 23.9 Å². The number of anilines is 1. The van der Waals surface area contributed by atoms with Crippen molar-refractivity contribution in [2.75, 3.05) is 32.0 Å². The molecule has 4 N–H and O–H groups in total. The number of aliphatic imine (C=N–C) groups is 2. The second-order valence-electron chi connectivity index (χ2n) is 5.13. The molecule has 0 unspecified atom stereocenters. The van der Waals surface area contributed by atoms with Gasteiger partial charge in [0, 0.05) is 23.9 Å². The standard InChI is InChI=1S/C13H20F3N7O2S/c1-18-10(6-23(24)25)19-5-3-2-4-9-7-26-12(21-9)22-11(17)20-8-13(14,15)16/h7H,2-6,8H2,1H3,(H,18,19)(H3,17,20,21,22). The van der Waals surface area contributed by atoms with E-state index in [9.17, 15) is 23.3 Å². The van der Waals surface area contributed by atoms with Crippen molar-refractivity contribution in [2.24, 2.45) is 15.7 Å². The summed E-state index contributed by atoms with van der Waals surface area (Å²) in [6.45, 7) is -1.14. The Bertz CT molecular complexity index is 646. The lowest BCUT2D eigenvalue weighted by atomic mass is 10.2. The molecule has 146 valence electrons. The third-order valence-corrected chi connectivity index (χ3v) is 3.76. The zero-order chi connectivity index (χ0) is 19.6. The molecule has 0 aliphatic rings. The van der Waals surface area contributed by atoms with Gasteiger partial charge in [0.15, 0.2) is 16.9 Å². The highest BCUT2D eigenvalue weighted by Gasteiger charge is 2.26. The Morgan fingerprint density at radius 3 is 2.81 bits per heavy atom. The molecule has 0 radical (unpaired) electrons. The molecule has 0 saturated carbocycles. The quantitative estimate of drug-likeness (QED) is 0.192. The fourth-order valence-electron chi connectivity index (χ4n) is 1.79. The first kappa shape index (κ1) is 21.6. The van der Waals surface area contributed by atoms with Crippen molar-refractivity contribution in [3.63, 3.8) is 0 Å². The van der Waals surface area contributed by atoms with Crippen molar-refractivity contribution in [2.45, 2.75) is 25.4 Å². The summed E-state index contributed by atoms with van der Waals surface area (Å²) in [6, 6.07) is 0. The van der Waals surface area contributed by atoms with E-state index in [1.165, 1.54) is 18.4 Å². The normalized spacial score (nSPS) is 12.9. The molecule has 0 atom stereocenters. The number of nitro groups is 1. The molecule has 0 aliphatic carbocycles. The Morgan fingerprint density at radius 1 is 1.46 bits per heavy atom. The lowest BCUT2D eigenvalue weighted by molar-refractivity contribution is -0.463. The molecule has 1 heterocycles. The minimum Gasteiger partial charge on any atom is -0.370 e. The topological polar surface area (TPSA) is 131 Å². The van der Waals surface area contributed by atoms with E-state index >= 15 is 0 Å². The van der Waals surface area contributed by atoms with Crippen molar-refractivity contribution in [3.8, 4) is 0 Å². The maximum atomic E-state index is 12.0. The Hall–Kier alpha value is -2.44. The predicted molar refractivity (Wildman–Crippen MR) is 94.4 cm³/mol. The monoisotopic (exact) mass is 395 g/mol. The smallest absolute Gasteiger partial charge is 0.370 e. The number of aromatic nitrogens is 1. The number of halogens is 3. The zero-order valence-corrected chi connectivity index (χ0v) is 14.9. The average Bonchev–Trinajstić information content (AvgIpc) is 2.97. The fraction of sp³-hybridized carbons (Fsp3) is 0.615. The van der Waals surface area contributed by atoms with Crippen molar-refractivity contribution < 1.29 is 18.1 Å². The van der Waals surface area contributed by atoms with E-state index in [2.05, 4.69) is 25.6 Å². The molecule has 13 heteroatoms. The van der Waals surface area contributed by atoms with Gasteiger partial charge < -0.3 is 16.4 Å². The highest BCUT2D eigenvalue weighted by atomic mass is 32.1. The third-order valence-electron chi connectivity index (χ3n) is 2.95. The summed E-state index contributed by atoms with van der Waals surface area (Å²) >= 11 is 1.22. The van der Waals surface area contributed by atoms with Gasteiger partial charge >= 0.3 is 6.18 Å². The number of hydrogen-bond acceptors (Lipinski definition) is 6. The van der Waals surface area contributed by atoms with Gasteiger partial charge in [-0.15, -0.1) is 11.3 Å². The van der Waals surface area contributed by atoms with Crippen LogP contribution in [0.1, 0.15) is 18.5 Å². The lowest BCUT2D eigenvalue weighted by Crippen LogP contribution is -2.31. The zero-order valence-electron chi connectivity index (χ0n) is 14.0. The number of nitrogens with one attached hydrogen (secondary N) is 2. The van der Waals surface area contributed by atoms with Gasteiger partial charge in [-0.25, -0.2) is 9.98 Å². The molecule has 0 bridgehead atoms. The first-order chi connectivity index (χ1) is 12.2. The Labute approximate surface area is 151 Å². The van der Waals surface area contributed by atoms with E-state index in [0.717, 1.165) is 18.5 Å². The first-order valence-electron chi connectivity index (χ1n) is 7.59. The van der Waals surface area contributed by atoms with Gasteiger partial charge in [0.05, 0.1) is 5.69 Å². The number of rotatable bonds is 9. The second-order valence-corrected chi connectivity index (χ2v) is 5.99. The number of nitrogens with zero attached hydrogens (tertiary/aromatic N) is 4.